The van der Waals surface area contributed by atoms with Crippen LogP contribution in [-0.2, 0) is 0 Å². The molecule has 1 heterocycles. The number of anilines is 1. The van der Waals surface area contributed by atoms with Crippen LogP contribution in [0.15, 0.2) is 18.2 Å². The Kier molecular flexibility index (Phi) is 5.01. The zero-order chi connectivity index (χ0) is 14.5. The average molecular weight is 275 g/mol. The molecular weight excluding hydrogens is 250 g/mol. The van der Waals surface area contributed by atoms with E-state index in [-0.39, 0.29) is 5.91 Å². The van der Waals surface area contributed by atoms with E-state index in [9.17, 15) is 4.79 Å². The molecule has 20 heavy (non-hydrogen) atoms. The molecule has 0 saturated carbocycles. The first-order chi connectivity index (χ1) is 9.60. The fraction of sp³-hybridized carbons (Fsp3) is 0.562. The first-order valence-corrected chi connectivity index (χ1v) is 7.49. The van der Waals surface area contributed by atoms with Crippen molar-refractivity contribution in [2.45, 2.75) is 39.2 Å². The normalized spacial score (nSPS) is 17.1. The Morgan fingerprint density at radius 1 is 1.40 bits per heavy atom. The SMILES string of the molecule is CCCN1CCC(NC(=O)c2ccc(N)cc2C)CC1. The van der Waals surface area contributed by atoms with Crippen LogP contribution in [0.2, 0.25) is 0 Å². The molecule has 1 saturated heterocycles. The van der Waals surface area contributed by atoms with Crippen LogP contribution in [0.4, 0.5) is 5.69 Å². The van der Waals surface area contributed by atoms with E-state index < -0.39 is 0 Å². The summed E-state index contributed by atoms with van der Waals surface area (Å²) in [7, 11) is 0. The van der Waals surface area contributed by atoms with Crippen molar-refractivity contribution in [1.29, 1.82) is 0 Å². The molecule has 0 unspecified atom stereocenters. The number of hydrogen-bond donors (Lipinski definition) is 2. The monoisotopic (exact) mass is 275 g/mol. The molecule has 1 aliphatic rings. The minimum atomic E-state index is 0.0245. The first kappa shape index (κ1) is 14.9. The number of piperidine rings is 1. The molecular formula is C16H25N3O. The third-order valence-electron chi connectivity index (χ3n) is 3.96. The summed E-state index contributed by atoms with van der Waals surface area (Å²) in [4.78, 5) is 14.8. The Hall–Kier alpha value is -1.55. The molecule has 0 radical (unpaired) electrons. The van der Waals surface area contributed by atoms with Crippen molar-refractivity contribution in [3.63, 3.8) is 0 Å². The van der Waals surface area contributed by atoms with Crippen LogP contribution in [0.25, 0.3) is 0 Å². The molecule has 4 heteroatoms. The Labute approximate surface area is 121 Å². The first-order valence-electron chi connectivity index (χ1n) is 7.49. The molecule has 4 nitrogen and oxygen atoms in total. The summed E-state index contributed by atoms with van der Waals surface area (Å²) in [6.45, 7) is 7.46. The van der Waals surface area contributed by atoms with Crippen LogP contribution in [0.1, 0.15) is 42.1 Å². The molecule has 1 amide bonds. The lowest BCUT2D eigenvalue weighted by atomic mass is 10.0. The molecule has 1 aromatic rings. The lowest BCUT2D eigenvalue weighted by Crippen LogP contribution is -2.44. The zero-order valence-corrected chi connectivity index (χ0v) is 12.5. The molecule has 110 valence electrons. The van der Waals surface area contributed by atoms with Gasteiger partial charge >= 0.3 is 0 Å². The Morgan fingerprint density at radius 2 is 2.10 bits per heavy atom. The van der Waals surface area contributed by atoms with Crippen LogP contribution in [-0.4, -0.2) is 36.5 Å². The maximum atomic E-state index is 12.3. The van der Waals surface area contributed by atoms with Gasteiger partial charge in [-0.05, 0) is 56.5 Å². The highest BCUT2D eigenvalue weighted by Gasteiger charge is 2.21. The molecule has 1 fully saturated rings. The van der Waals surface area contributed by atoms with Crippen LogP contribution in [0, 0.1) is 6.92 Å². The standard InChI is InChI=1S/C16H25N3O/c1-3-8-19-9-6-14(7-10-19)18-16(20)15-5-4-13(17)11-12(15)2/h4-5,11,14H,3,6-10,17H2,1-2H3,(H,18,20). The lowest BCUT2D eigenvalue weighted by Gasteiger charge is -2.32. The van der Waals surface area contributed by atoms with Crippen LogP contribution < -0.4 is 11.1 Å². The molecule has 0 atom stereocenters. The minimum absolute atomic E-state index is 0.0245. The summed E-state index contributed by atoms with van der Waals surface area (Å²) >= 11 is 0. The molecule has 1 aliphatic heterocycles. The van der Waals surface area contributed by atoms with Crippen molar-refractivity contribution in [2.75, 3.05) is 25.4 Å². The fourth-order valence-electron chi connectivity index (χ4n) is 2.82. The number of rotatable bonds is 4. The molecule has 1 aromatic carbocycles. The Morgan fingerprint density at radius 3 is 2.70 bits per heavy atom. The molecule has 0 bridgehead atoms. The van der Waals surface area contributed by atoms with Crippen molar-refractivity contribution in [2.24, 2.45) is 0 Å². The Bertz CT molecular complexity index is 465. The van der Waals surface area contributed by atoms with E-state index >= 15 is 0 Å². The van der Waals surface area contributed by atoms with Gasteiger partial charge in [0, 0.05) is 30.4 Å². The predicted octanol–water partition coefficient (Wildman–Crippen LogP) is 2.18. The number of nitrogen functional groups attached to an aromatic ring is 1. The second kappa shape index (κ2) is 6.75. The van der Waals surface area contributed by atoms with Crippen LogP contribution in [0.5, 0.6) is 0 Å². The van der Waals surface area contributed by atoms with Gasteiger partial charge in [0.15, 0.2) is 0 Å². The summed E-state index contributed by atoms with van der Waals surface area (Å²) in [6.07, 6.45) is 3.28. The second-order valence-electron chi connectivity index (χ2n) is 5.66. The predicted molar refractivity (Wildman–Crippen MR) is 82.8 cm³/mol. The van der Waals surface area contributed by atoms with Crippen molar-refractivity contribution in [3.05, 3.63) is 29.3 Å². The van der Waals surface area contributed by atoms with Crippen LogP contribution in [0.3, 0.4) is 0 Å². The second-order valence-corrected chi connectivity index (χ2v) is 5.66. The summed E-state index contributed by atoms with van der Waals surface area (Å²) in [5, 5.41) is 3.15. The largest absolute Gasteiger partial charge is 0.399 e. The summed E-state index contributed by atoms with van der Waals surface area (Å²) in [6, 6.07) is 5.74. The smallest absolute Gasteiger partial charge is 0.251 e. The van der Waals surface area contributed by atoms with E-state index in [0.29, 0.717) is 11.7 Å². The fourth-order valence-corrected chi connectivity index (χ4v) is 2.82. The summed E-state index contributed by atoms with van der Waals surface area (Å²) in [5.74, 6) is 0.0245. The highest BCUT2D eigenvalue weighted by Crippen LogP contribution is 2.15. The van der Waals surface area contributed by atoms with Gasteiger partial charge in [0.2, 0.25) is 0 Å². The zero-order valence-electron chi connectivity index (χ0n) is 12.5. The number of amides is 1. The van der Waals surface area contributed by atoms with E-state index in [1.54, 1.807) is 6.07 Å². The number of nitrogens with two attached hydrogens (primary N) is 1. The minimum Gasteiger partial charge on any atom is -0.399 e. The van der Waals surface area contributed by atoms with Crippen LogP contribution >= 0.6 is 0 Å². The van der Waals surface area contributed by atoms with Gasteiger partial charge in [-0.1, -0.05) is 6.92 Å². The number of likely N-dealkylation sites (tertiary alicyclic amines) is 1. The Balaban J connectivity index is 1.89. The van der Waals surface area contributed by atoms with Gasteiger partial charge in [-0.3, -0.25) is 4.79 Å². The van der Waals surface area contributed by atoms with E-state index in [2.05, 4.69) is 17.1 Å². The van der Waals surface area contributed by atoms with Gasteiger partial charge in [0.1, 0.15) is 0 Å². The van der Waals surface area contributed by atoms with Gasteiger partial charge < -0.3 is 16.0 Å². The van der Waals surface area contributed by atoms with E-state index in [1.165, 1.54) is 6.42 Å². The maximum Gasteiger partial charge on any atom is 0.251 e. The van der Waals surface area contributed by atoms with Crippen molar-refractivity contribution in [1.82, 2.24) is 10.2 Å². The van der Waals surface area contributed by atoms with Crippen molar-refractivity contribution < 1.29 is 4.79 Å². The summed E-state index contributed by atoms with van der Waals surface area (Å²) < 4.78 is 0. The lowest BCUT2D eigenvalue weighted by molar-refractivity contribution is 0.0910. The third kappa shape index (κ3) is 3.73. The highest BCUT2D eigenvalue weighted by atomic mass is 16.1. The average Bonchev–Trinajstić information content (AvgIpc) is 2.41. The number of hydrogen-bond acceptors (Lipinski definition) is 3. The van der Waals surface area contributed by atoms with Gasteiger partial charge in [-0.2, -0.15) is 0 Å². The number of carbonyl (C=O) groups excluding carboxylic acids is 1. The van der Waals surface area contributed by atoms with E-state index in [0.717, 1.165) is 43.6 Å². The van der Waals surface area contributed by atoms with Gasteiger partial charge in [-0.25, -0.2) is 0 Å². The van der Waals surface area contributed by atoms with E-state index in [4.69, 9.17) is 5.73 Å². The van der Waals surface area contributed by atoms with Gasteiger partial charge in [0.05, 0.1) is 0 Å². The highest BCUT2D eigenvalue weighted by molar-refractivity contribution is 5.96. The topological polar surface area (TPSA) is 58.4 Å². The van der Waals surface area contributed by atoms with Gasteiger partial charge in [-0.15, -0.1) is 0 Å². The number of nitrogens with one attached hydrogen (secondary N) is 1. The van der Waals surface area contributed by atoms with Gasteiger partial charge in [0.25, 0.3) is 5.91 Å². The quantitative estimate of drug-likeness (QED) is 0.828. The molecule has 3 N–H and O–H groups in total. The van der Waals surface area contributed by atoms with Crippen molar-refractivity contribution >= 4 is 11.6 Å². The number of aryl methyl sites for hydroxylation is 1. The maximum absolute atomic E-state index is 12.3. The summed E-state index contributed by atoms with van der Waals surface area (Å²) in [5.41, 5.74) is 8.09. The molecule has 2 rings (SSSR count). The van der Waals surface area contributed by atoms with E-state index in [1.807, 2.05) is 19.1 Å². The molecule has 0 aliphatic carbocycles. The number of benzene rings is 1. The van der Waals surface area contributed by atoms with Crippen molar-refractivity contribution in [3.8, 4) is 0 Å². The number of carbonyl (C=O) groups is 1. The molecule has 0 spiro atoms. The number of nitrogens with zero attached hydrogens (tertiary/aromatic N) is 1. The molecule has 0 aromatic heterocycles. The third-order valence-corrected chi connectivity index (χ3v) is 3.96.